The minimum atomic E-state index is 0.314. The predicted octanol–water partition coefficient (Wildman–Crippen LogP) is 2.79. The summed E-state index contributed by atoms with van der Waals surface area (Å²) in [5.41, 5.74) is 1.45. The van der Waals surface area contributed by atoms with Crippen LogP contribution in [0.2, 0.25) is 0 Å². The normalized spacial score (nSPS) is 29.5. The van der Waals surface area contributed by atoms with Crippen molar-refractivity contribution >= 4 is 11.8 Å². The lowest BCUT2D eigenvalue weighted by atomic mass is 10.0. The van der Waals surface area contributed by atoms with Crippen molar-refractivity contribution in [1.82, 2.24) is 24.8 Å². The van der Waals surface area contributed by atoms with E-state index in [9.17, 15) is 0 Å². The molecule has 3 aliphatic heterocycles. The molecule has 0 aliphatic carbocycles. The lowest BCUT2D eigenvalue weighted by Gasteiger charge is -2.35. The van der Waals surface area contributed by atoms with Gasteiger partial charge in [0.2, 0.25) is 0 Å². The molecule has 3 fully saturated rings. The molecule has 4 heterocycles. The van der Waals surface area contributed by atoms with Crippen molar-refractivity contribution in [1.29, 1.82) is 0 Å². The SMILES string of the molecule is CC1(C)CCCN1Cc1cn(C2CCN([C@H]3CCSC3)CC2)nn1. The first-order valence-electron chi connectivity index (χ1n) is 9.59. The summed E-state index contributed by atoms with van der Waals surface area (Å²) in [6, 6.07) is 1.38. The molecule has 0 N–H and O–H groups in total. The summed E-state index contributed by atoms with van der Waals surface area (Å²) in [6.07, 6.45) is 8.63. The van der Waals surface area contributed by atoms with Crippen LogP contribution in [-0.2, 0) is 6.54 Å². The average molecular weight is 350 g/mol. The van der Waals surface area contributed by atoms with E-state index in [4.69, 9.17) is 0 Å². The second-order valence-electron chi connectivity index (χ2n) is 8.31. The van der Waals surface area contributed by atoms with Gasteiger partial charge in [-0.15, -0.1) is 5.10 Å². The van der Waals surface area contributed by atoms with Gasteiger partial charge in [0.1, 0.15) is 0 Å². The smallest absolute Gasteiger partial charge is 0.0967 e. The van der Waals surface area contributed by atoms with Crippen LogP contribution in [0.4, 0.5) is 0 Å². The third-order valence-corrected chi connectivity index (χ3v) is 7.42. The van der Waals surface area contributed by atoms with E-state index in [0.717, 1.165) is 18.3 Å². The highest BCUT2D eigenvalue weighted by atomic mass is 32.2. The topological polar surface area (TPSA) is 37.2 Å². The molecule has 1 aromatic heterocycles. The van der Waals surface area contributed by atoms with Crippen molar-refractivity contribution in [3.8, 4) is 0 Å². The fraction of sp³-hybridized carbons (Fsp3) is 0.889. The highest BCUT2D eigenvalue weighted by Crippen LogP contribution is 2.31. The molecule has 3 saturated heterocycles. The zero-order chi connectivity index (χ0) is 16.6. The first-order chi connectivity index (χ1) is 11.6. The van der Waals surface area contributed by atoms with Crippen molar-refractivity contribution in [2.24, 2.45) is 0 Å². The first kappa shape index (κ1) is 16.9. The minimum absolute atomic E-state index is 0.314. The predicted molar refractivity (Wildman–Crippen MR) is 99.3 cm³/mol. The van der Waals surface area contributed by atoms with Crippen LogP contribution in [0.5, 0.6) is 0 Å². The standard InChI is InChI=1S/C18H31N5S/c1-18(2)7-3-8-22(18)12-15-13-23(20-19-15)16-4-9-21(10-5-16)17-6-11-24-14-17/h13,16-17H,3-12,14H2,1-2H3/t17-/m0/s1. The van der Waals surface area contributed by atoms with Gasteiger partial charge in [-0.05, 0) is 58.2 Å². The van der Waals surface area contributed by atoms with Gasteiger partial charge in [-0.2, -0.15) is 11.8 Å². The van der Waals surface area contributed by atoms with Crippen molar-refractivity contribution in [3.63, 3.8) is 0 Å². The summed E-state index contributed by atoms with van der Waals surface area (Å²) < 4.78 is 2.15. The summed E-state index contributed by atoms with van der Waals surface area (Å²) >= 11 is 2.12. The monoisotopic (exact) mass is 349 g/mol. The molecule has 5 nitrogen and oxygen atoms in total. The molecule has 0 saturated carbocycles. The molecular formula is C18H31N5S. The maximum atomic E-state index is 4.47. The number of hydrogen-bond donors (Lipinski definition) is 0. The molecule has 4 rings (SSSR count). The number of nitrogens with zero attached hydrogens (tertiary/aromatic N) is 5. The van der Waals surface area contributed by atoms with E-state index in [2.05, 4.69) is 56.6 Å². The van der Waals surface area contributed by atoms with E-state index in [1.165, 1.54) is 63.2 Å². The molecule has 0 radical (unpaired) electrons. The molecule has 0 unspecified atom stereocenters. The van der Waals surface area contributed by atoms with Crippen molar-refractivity contribution < 1.29 is 0 Å². The van der Waals surface area contributed by atoms with Gasteiger partial charge in [0.25, 0.3) is 0 Å². The van der Waals surface area contributed by atoms with Gasteiger partial charge >= 0.3 is 0 Å². The Morgan fingerprint density at radius 3 is 2.67 bits per heavy atom. The highest BCUT2D eigenvalue weighted by Gasteiger charge is 2.32. The van der Waals surface area contributed by atoms with Gasteiger partial charge in [0.15, 0.2) is 0 Å². The van der Waals surface area contributed by atoms with Crippen LogP contribution >= 0.6 is 11.8 Å². The van der Waals surface area contributed by atoms with E-state index >= 15 is 0 Å². The molecule has 0 spiro atoms. The number of hydrogen-bond acceptors (Lipinski definition) is 5. The van der Waals surface area contributed by atoms with Gasteiger partial charge in [-0.3, -0.25) is 9.80 Å². The third kappa shape index (κ3) is 3.51. The molecule has 0 bridgehead atoms. The van der Waals surface area contributed by atoms with Crippen LogP contribution in [0.1, 0.15) is 57.7 Å². The number of likely N-dealkylation sites (tertiary alicyclic amines) is 2. The molecule has 24 heavy (non-hydrogen) atoms. The molecule has 6 heteroatoms. The van der Waals surface area contributed by atoms with E-state index in [-0.39, 0.29) is 0 Å². The molecular weight excluding hydrogens is 318 g/mol. The van der Waals surface area contributed by atoms with E-state index < -0.39 is 0 Å². The summed E-state index contributed by atoms with van der Waals surface area (Å²) in [7, 11) is 0. The fourth-order valence-electron chi connectivity index (χ4n) is 4.54. The minimum Gasteiger partial charge on any atom is -0.299 e. The van der Waals surface area contributed by atoms with E-state index in [1.807, 2.05) is 0 Å². The Bertz CT molecular complexity index is 543. The highest BCUT2D eigenvalue weighted by molar-refractivity contribution is 7.99. The fourth-order valence-corrected chi connectivity index (χ4v) is 5.80. The molecule has 1 aromatic rings. The van der Waals surface area contributed by atoms with Gasteiger partial charge < -0.3 is 0 Å². The maximum Gasteiger partial charge on any atom is 0.0967 e. The average Bonchev–Trinajstić information content (AvgIpc) is 3.31. The largest absolute Gasteiger partial charge is 0.299 e. The number of aromatic nitrogens is 3. The molecule has 134 valence electrons. The van der Waals surface area contributed by atoms with Crippen molar-refractivity contribution in [3.05, 3.63) is 11.9 Å². The third-order valence-electron chi connectivity index (χ3n) is 6.28. The van der Waals surface area contributed by atoms with Crippen LogP contribution in [-0.4, -0.2) is 67.5 Å². The molecule has 1 atom stereocenters. The Labute approximate surface area is 150 Å². The first-order valence-corrected chi connectivity index (χ1v) is 10.7. The van der Waals surface area contributed by atoms with Crippen LogP contribution < -0.4 is 0 Å². The zero-order valence-corrected chi connectivity index (χ0v) is 16.0. The van der Waals surface area contributed by atoms with Crippen LogP contribution in [0, 0.1) is 0 Å². The number of thioether (sulfide) groups is 1. The van der Waals surface area contributed by atoms with E-state index in [0.29, 0.717) is 11.6 Å². The Morgan fingerprint density at radius 2 is 2.00 bits per heavy atom. The molecule has 3 aliphatic rings. The number of rotatable bonds is 4. The summed E-state index contributed by atoms with van der Waals surface area (Å²) in [5.74, 6) is 2.69. The van der Waals surface area contributed by atoms with Crippen molar-refractivity contribution in [2.75, 3.05) is 31.1 Å². The summed E-state index contributed by atoms with van der Waals surface area (Å²) in [5, 5.41) is 8.94. The van der Waals surface area contributed by atoms with Gasteiger partial charge in [-0.25, -0.2) is 4.68 Å². The number of piperidine rings is 1. The van der Waals surface area contributed by atoms with Gasteiger partial charge in [0, 0.05) is 37.0 Å². The zero-order valence-electron chi connectivity index (χ0n) is 15.2. The summed E-state index contributed by atoms with van der Waals surface area (Å²) in [6.45, 7) is 9.29. The second-order valence-corrected chi connectivity index (χ2v) is 9.46. The Morgan fingerprint density at radius 1 is 1.17 bits per heavy atom. The Hall–Kier alpha value is -0.590. The second kappa shape index (κ2) is 6.96. The molecule has 0 amide bonds. The van der Waals surface area contributed by atoms with Gasteiger partial charge in [-0.1, -0.05) is 5.21 Å². The Balaban J connectivity index is 1.32. The van der Waals surface area contributed by atoms with E-state index in [1.54, 1.807) is 0 Å². The van der Waals surface area contributed by atoms with Crippen LogP contribution in [0.3, 0.4) is 0 Å². The lowest BCUT2D eigenvalue weighted by molar-refractivity contribution is 0.140. The molecule has 0 aromatic carbocycles. The van der Waals surface area contributed by atoms with Crippen LogP contribution in [0.25, 0.3) is 0 Å². The lowest BCUT2D eigenvalue weighted by Crippen LogP contribution is -2.42. The van der Waals surface area contributed by atoms with Crippen LogP contribution in [0.15, 0.2) is 6.20 Å². The maximum absolute atomic E-state index is 4.47. The van der Waals surface area contributed by atoms with Crippen molar-refractivity contribution in [2.45, 2.75) is 70.1 Å². The summed E-state index contributed by atoms with van der Waals surface area (Å²) in [4.78, 5) is 5.27. The van der Waals surface area contributed by atoms with Gasteiger partial charge in [0.05, 0.1) is 17.9 Å². The quantitative estimate of drug-likeness (QED) is 0.835. The Kier molecular flexibility index (Phi) is 4.89.